The predicted octanol–water partition coefficient (Wildman–Crippen LogP) is 1.48. The Morgan fingerprint density at radius 2 is 2.50 bits per heavy atom. The standard InChI is InChI=1S/C7H10O2S/c1-6-3-2-4-7(5-6)10(8)9/h2-4,7H,5H2,1H3,(H,8,9). The molecular formula is C7H10O2S. The zero-order valence-corrected chi connectivity index (χ0v) is 6.60. The molecule has 3 heteroatoms. The first-order valence-corrected chi connectivity index (χ1v) is 4.31. The Morgan fingerprint density at radius 3 is 2.90 bits per heavy atom. The molecule has 0 aliphatic heterocycles. The van der Waals surface area contributed by atoms with E-state index in [1.54, 1.807) is 6.08 Å². The van der Waals surface area contributed by atoms with E-state index in [4.69, 9.17) is 4.55 Å². The second-order valence-electron chi connectivity index (χ2n) is 2.42. The Hall–Kier alpha value is -0.410. The molecule has 1 aliphatic carbocycles. The molecule has 0 bridgehead atoms. The van der Waals surface area contributed by atoms with Gasteiger partial charge in [0.2, 0.25) is 0 Å². The molecule has 0 aromatic carbocycles. The highest BCUT2D eigenvalue weighted by atomic mass is 32.2. The summed E-state index contributed by atoms with van der Waals surface area (Å²) < 4.78 is 19.2. The normalized spacial score (nSPS) is 27.8. The van der Waals surface area contributed by atoms with E-state index >= 15 is 0 Å². The van der Waals surface area contributed by atoms with Crippen LogP contribution in [0.25, 0.3) is 0 Å². The molecular weight excluding hydrogens is 148 g/mol. The van der Waals surface area contributed by atoms with Crippen LogP contribution in [0.4, 0.5) is 0 Å². The van der Waals surface area contributed by atoms with Crippen LogP contribution in [0.3, 0.4) is 0 Å². The lowest BCUT2D eigenvalue weighted by Gasteiger charge is -2.11. The van der Waals surface area contributed by atoms with Gasteiger partial charge in [0.1, 0.15) is 0 Å². The number of hydrogen-bond donors (Lipinski definition) is 1. The first-order chi connectivity index (χ1) is 4.70. The van der Waals surface area contributed by atoms with Gasteiger partial charge in [0, 0.05) is 0 Å². The maximum absolute atomic E-state index is 10.5. The highest BCUT2D eigenvalue weighted by Gasteiger charge is 2.13. The second kappa shape index (κ2) is 3.12. The fourth-order valence-corrected chi connectivity index (χ4v) is 1.57. The Bertz CT molecular complexity index is 206. The third-order valence-corrected chi connectivity index (χ3v) is 2.33. The van der Waals surface area contributed by atoms with Crippen LogP contribution in [0.1, 0.15) is 13.3 Å². The average Bonchev–Trinajstić information content (AvgIpc) is 1.88. The lowest BCUT2D eigenvalue weighted by molar-refractivity contribution is 0.555. The van der Waals surface area contributed by atoms with E-state index in [0.29, 0.717) is 6.42 Å². The van der Waals surface area contributed by atoms with Gasteiger partial charge >= 0.3 is 0 Å². The van der Waals surface area contributed by atoms with Gasteiger partial charge in [-0.05, 0) is 13.3 Å². The fraction of sp³-hybridized carbons (Fsp3) is 0.429. The van der Waals surface area contributed by atoms with Gasteiger partial charge in [-0.3, -0.25) is 0 Å². The predicted molar refractivity (Wildman–Crippen MR) is 42.1 cm³/mol. The summed E-state index contributed by atoms with van der Waals surface area (Å²) in [6, 6.07) is 0. The van der Waals surface area contributed by atoms with E-state index < -0.39 is 11.1 Å². The van der Waals surface area contributed by atoms with E-state index in [1.807, 2.05) is 19.1 Å². The zero-order valence-electron chi connectivity index (χ0n) is 5.78. The molecule has 2 unspecified atom stereocenters. The van der Waals surface area contributed by atoms with Crippen molar-refractivity contribution in [3.8, 4) is 0 Å². The van der Waals surface area contributed by atoms with Crippen LogP contribution in [-0.4, -0.2) is 14.0 Å². The SMILES string of the molecule is CC1=CC=CC(S(=O)O)C1. The van der Waals surface area contributed by atoms with Crippen LogP contribution in [0.15, 0.2) is 23.8 Å². The van der Waals surface area contributed by atoms with Crippen LogP contribution < -0.4 is 0 Å². The summed E-state index contributed by atoms with van der Waals surface area (Å²) >= 11 is -1.70. The average molecular weight is 158 g/mol. The van der Waals surface area contributed by atoms with E-state index in [-0.39, 0.29) is 5.25 Å². The van der Waals surface area contributed by atoms with Crippen LogP contribution in [0.2, 0.25) is 0 Å². The largest absolute Gasteiger partial charge is 0.306 e. The topological polar surface area (TPSA) is 37.3 Å². The summed E-state index contributed by atoms with van der Waals surface area (Å²) in [7, 11) is 0. The molecule has 10 heavy (non-hydrogen) atoms. The monoisotopic (exact) mass is 158 g/mol. The first kappa shape index (κ1) is 7.69. The Balaban J connectivity index is 2.64. The van der Waals surface area contributed by atoms with Crippen molar-refractivity contribution in [2.24, 2.45) is 0 Å². The Labute approximate surface area is 62.9 Å². The fourth-order valence-electron chi connectivity index (χ4n) is 0.936. The van der Waals surface area contributed by atoms with E-state index in [1.165, 1.54) is 0 Å². The molecule has 1 rings (SSSR count). The first-order valence-electron chi connectivity index (χ1n) is 3.14. The maximum atomic E-state index is 10.5. The quantitative estimate of drug-likeness (QED) is 0.587. The van der Waals surface area contributed by atoms with E-state index in [2.05, 4.69) is 0 Å². The van der Waals surface area contributed by atoms with Crippen LogP contribution in [0.5, 0.6) is 0 Å². The van der Waals surface area contributed by atoms with Gasteiger partial charge in [-0.25, -0.2) is 4.21 Å². The third kappa shape index (κ3) is 1.78. The van der Waals surface area contributed by atoms with Crippen molar-refractivity contribution in [3.05, 3.63) is 23.8 Å². The molecule has 2 nitrogen and oxygen atoms in total. The molecule has 0 amide bonds. The molecule has 1 N–H and O–H groups in total. The molecule has 1 aliphatic rings. The van der Waals surface area contributed by atoms with Crippen molar-refractivity contribution in [1.82, 2.24) is 0 Å². The van der Waals surface area contributed by atoms with Crippen molar-refractivity contribution >= 4 is 11.1 Å². The van der Waals surface area contributed by atoms with Gasteiger partial charge in [0.15, 0.2) is 11.1 Å². The number of rotatable bonds is 1. The summed E-state index contributed by atoms with van der Waals surface area (Å²) in [6.07, 6.45) is 6.27. The Kier molecular flexibility index (Phi) is 2.40. The summed E-state index contributed by atoms with van der Waals surface area (Å²) in [5, 5.41) is -0.190. The molecule has 0 aromatic rings. The smallest absolute Gasteiger partial charge is 0.160 e. The molecule has 2 atom stereocenters. The van der Waals surface area contributed by atoms with Gasteiger partial charge in [-0.15, -0.1) is 0 Å². The minimum atomic E-state index is -1.70. The summed E-state index contributed by atoms with van der Waals surface area (Å²) in [4.78, 5) is 0. The second-order valence-corrected chi connectivity index (χ2v) is 3.57. The van der Waals surface area contributed by atoms with Gasteiger partial charge in [-0.2, -0.15) is 0 Å². The highest BCUT2D eigenvalue weighted by Crippen LogP contribution is 2.15. The maximum Gasteiger partial charge on any atom is 0.160 e. The van der Waals surface area contributed by atoms with Crippen LogP contribution >= 0.6 is 0 Å². The number of hydrogen-bond acceptors (Lipinski definition) is 1. The van der Waals surface area contributed by atoms with Crippen LogP contribution in [-0.2, 0) is 11.1 Å². The van der Waals surface area contributed by atoms with Gasteiger partial charge in [0.05, 0.1) is 5.25 Å². The van der Waals surface area contributed by atoms with E-state index in [9.17, 15) is 4.21 Å². The van der Waals surface area contributed by atoms with Crippen molar-refractivity contribution < 1.29 is 8.76 Å². The summed E-state index contributed by atoms with van der Waals surface area (Å²) in [5.74, 6) is 0. The van der Waals surface area contributed by atoms with Crippen molar-refractivity contribution in [3.63, 3.8) is 0 Å². The zero-order chi connectivity index (χ0) is 7.56. The summed E-state index contributed by atoms with van der Waals surface area (Å²) in [5.41, 5.74) is 1.16. The van der Waals surface area contributed by atoms with Gasteiger partial charge in [-0.1, -0.05) is 23.8 Å². The number of allylic oxidation sites excluding steroid dienone is 3. The molecule has 0 heterocycles. The minimum absolute atomic E-state index is 0.190. The molecule has 0 saturated heterocycles. The lowest BCUT2D eigenvalue weighted by atomic mass is 10.1. The van der Waals surface area contributed by atoms with Crippen molar-refractivity contribution in [2.75, 3.05) is 0 Å². The highest BCUT2D eigenvalue weighted by molar-refractivity contribution is 7.80. The van der Waals surface area contributed by atoms with Crippen molar-refractivity contribution in [1.29, 1.82) is 0 Å². The van der Waals surface area contributed by atoms with Crippen LogP contribution in [0, 0.1) is 0 Å². The van der Waals surface area contributed by atoms with Gasteiger partial charge < -0.3 is 4.55 Å². The van der Waals surface area contributed by atoms with Gasteiger partial charge in [0.25, 0.3) is 0 Å². The molecule has 0 aromatic heterocycles. The molecule has 0 radical (unpaired) electrons. The lowest BCUT2D eigenvalue weighted by Crippen LogP contribution is -2.13. The molecule has 56 valence electrons. The molecule has 0 fully saturated rings. The molecule has 0 spiro atoms. The summed E-state index contributed by atoms with van der Waals surface area (Å²) in [6.45, 7) is 1.96. The third-order valence-electron chi connectivity index (χ3n) is 1.49. The Morgan fingerprint density at radius 1 is 1.80 bits per heavy atom. The van der Waals surface area contributed by atoms with Crippen molar-refractivity contribution in [2.45, 2.75) is 18.6 Å². The van der Waals surface area contributed by atoms with E-state index in [0.717, 1.165) is 5.57 Å². The minimum Gasteiger partial charge on any atom is -0.306 e. The molecule has 0 saturated carbocycles.